The van der Waals surface area contributed by atoms with Crippen LogP contribution in [-0.2, 0) is 21.1 Å². The molecule has 10 heteroatoms. The van der Waals surface area contributed by atoms with Crippen LogP contribution < -0.4 is 0 Å². The first kappa shape index (κ1) is 26.2. The lowest BCUT2D eigenvalue weighted by molar-refractivity contribution is 0.0778. The van der Waals surface area contributed by atoms with E-state index in [0.29, 0.717) is 31.8 Å². The van der Waals surface area contributed by atoms with E-state index in [1.54, 1.807) is 11.8 Å². The van der Waals surface area contributed by atoms with E-state index in [1.807, 2.05) is 36.2 Å². The van der Waals surface area contributed by atoms with Crippen molar-refractivity contribution in [1.29, 1.82) is 0 Å². The Morgan fingerprint density at radius 2 is 1.64 bits per heavy atom. The standard InChI is InChI=1S/C26H31F2N3O4S/c1-4-35-26(32)31-11-9-30(10-12-31)16-18-5-7-19(8-6-18)24-23(17-29(24)2)25(36(3,33)34)20-13-21(27)15-22(28)14-20/h5-8,13-15,24H,4,9-12,16-17H2,1-3H3. The monoisotopic (exact) mass is 519 g/mol. The second-order valence-corrected chi connectivity index (χ2v) is 11.3. The largest absolute Gasteiger partial charge is 0.450 e. The molecule has 0 radical (unpaired) electrons. The van der Waals surface area contributed by atoms with Crippen LogP contribution in [0.1, 0.15) is 29.7 Å². The van der Waals surface area contributed by atoms with Gasteiger partial charge in [-0.25, -0.2) is 22.0 Å². The number of carbonyl (C=O) groups is 1. The van der Waals surface area contributed by atoms with Crippen molar-refractivity contribution in [3.05, 3.63) is 76.4 Å². The van der Waals surface area contributed by atoms with Crippen LogP contribution in [0.4, 0.5) is 13.6 Å². The molecule has 0 bridgehead atoms. The normalized spacial score (nSPS) is 20.7. The Bertz CT molecular complexity index is 1240. The average Bonchev–Trinajstić information content (AvgIpc) is 2.79. The third-order valence-electron chi connectivity index (χ3n) is 6.58. The van der Waals surface area contributed by atoms with Gasteiger partial charge in [-0.05, 0) is 48.4 Å². The van der Waals surface area contributed by atoms with Crippen LogP contribution in [0.2, 0.25) is 0 Å². The number of amides is 1. The Kier molecular flexibility index (Phi) is 7.77. The zero-order valence-electron chi connectivity index (χ0n) is 20.7. The minimum Gasteiger partial charge on any atom is -0.450 e. The number of carbonyl (C=O) groups excluding carboxylic acids is 1. The summed E-state index contributed by atoms with van der Waals surface area (Å²) in [6.07, 6.45) is 0.794. The topological polar surface area (TPSA) is 70.2 Å². The molecule has 1 amide bonds. The molecule has 2 heterocycles. The number of hydrogen-bond donors (Lipinski definition) is 0. The lowest BCUT2D eigenvalue weighted by Crippen LogP contribution is -2.48. The third-order valence-corrected chi connectivity index (χ3v) is 7.82. The Hall–Kier alpha value is -2.82. The van der Waals surface area contributed by atoms with Crippen LogP contribution in [0.25, 0.3) is 4.91 Å². The summed E-state index contributed by atoms with van der Waals surface area (Å²) in [6, 6.07) is 10.5. The van der Waals surface area contributed by atoms with Crippen molar-refractivity contribution < 1.29 is 26.7 Å². The van der Waals surface area contributed by atoms with Gasteiger partial charge in [-0.3, -0.25) is 9.80 Å². The Morgan fingerprint density at radius 1 is 1.03 bits per heavy atom. The van der Waals surface area contributed by atoms with Crippen molar-refractivity contribution in [2.75, 3.05) is 52.6 Å². The summed E-state index contributed by atoms with van der Waals surface area (Å²) >= 11 is 0. The van der Waals surface area contributed by atoms with Gasteiger partial charge in [-0.1, -0.05) is 24.3 Å². The van der Waals surface area contributed by atoms with Gasteiger partial charge in [0.15, 0.2) is 9.84 Å². The first-order valence-electron chi connectivity index (χ1n) is 11.9. The van der Waals surface area contributed by atoms with Crippen molar-refractivity contribution in [2.45, 2.75) is 19.5 Å². The Balaban J connectivity index is 1.51. The summed E-state index contributed by atoms with van der Waals surface area (Å²) in [4.78, 5) is 17.9. The highest BCUT2D eigenvalue weighted by molar-refractivity contribution is 8.00. The van der Waals surface area contributed by atoms with Crippen molar-refractivity contribution in [3.8, 4) is 0 Å². The first-order chi connectivity index (χ1) is 17.1. The molecule has 2 fully saturated rings. The van der Waals surface area contributed by atoms with E-state index in [0.717, 1.165) is 55.2 Å². The number of halogens is 2. The second-order valence-electron chi connectivity index (χ2n) is 9.31. The molecule has 36 heavy (non-hydrogen) atoms. The van der Waals surface area contributed by atoms with E-state index in [9.17, 15) is 22.0 Å². The highest BCUT2D eigenvalue weighted by Gasteiger charge is 2.37. The lowest BCUT2D eigenvalue weighted by Gasteiger charge is -2.42. The van der Waals surface area contributed by atoms with Crippen LogP contribution in [0.15, 0.2) is 48.0 Å². The summed E-state index contributed by atoms with van der Waals surface area (Å²) in [6.45, 7) is 6.01. The molecule has 2 aliphatic rings. The molecule has 1 atom stereocenters. The highest BCUT2D eigenvalue weighted by atomic mass is 32.2. The molecule has 2 saturated heterocycles. The van der Waals surface area contributed by atoms with E-state index in [4.69, 9.17) is 4.74 Å². The molecule has 4 rings (SSSR count). The predicted octanol–water partition coefficient (Wildman–Crippen LogP) is 3.68. The van der Waals surface area contributed by atoms with Crippen molar-refractivity contribution >= 4 is 20.8 Å². The molecule has 0 aliphatic carbocycles. The number of sulfone groups is 1. The molecule has 194 valence electrons. The van der Waals surface area contributed by atoms with E-state index < -0.39 is 21.5 Å². The van der Waals surface area contributed by atoms with Crippen LogP contribution in [0, 0.1) is 11.6 Å². The summed E-state index contributed by atoms with van der Waals surface area (Å²) in [5.74, 6) is -1.63. The van der Waals surface area contributed by atoms with Crippen LogP contribution >= 0.6 is 0 Å². The molecule has 0 saturated carbocycles. The maximum atomic E-state index is 13.9. The molecular weight excluding hydrogens is 488 g/mol. The first-order valence-corrected chi connectivity index (χ1v) is 13.8. The maximum absolute atomic E-state index is 13.9. The molecule has 0 N–H and O–H groups in total. The van der Waals surface area contributed by atoms with Gasteiger partial charge in [0.05, 0.1) is 17.6 Å². The van der Waals surface area contributed by atoms with Crippen LogP contribution in [0.3, 0.4) is 0 Å². The zero-order chi connectivity index (χ0) is 26.0. The lowest BCUT2D eigenvalue weighted by atomic mass is 9.87. The van der Waals surface area contributed by atoms with E-state index in [-0.39, 0.29) is 22.6 Å². The van der Waals surface area contributed by atoms with Gasteiger partial charge >= 0.3 is 6.09 Å². The Labute approximate surface area is 210 Å². The maximum Gasteiger partial charge on any atom is 0.409 e. The van der Waals surface area contributed by atoms with E-state index in [1.165, 1.54) is 0 Å². The number of nitrogens with zero attached hydrogens (tertiary/aromatic N) is 3. The summed E-state index contributed by atoms with van der Waals surface area (Å²) in [5, 5.41) is 0. The van der Waals surface area contributed by atoms with E-state index in [2.05, 4.69) is 4.90 Å². The van der Waals surface area contributed by atoms with Gasteiger partial charge in [0.25, 0.3) is 0 Å². The van der Waals surface area contributed by atoms with E-state index >= 15 is 0 Å². The number of benzene rings is 2. The van der Waals surface area contributed by atoms with Crippen molar-refractivity contribution in [1.82, 2.24) is 14.7 Å². The molecule has 1 unspecified atom stereocenters. The molecule has 2 aromatic rings. The van der Waals surface area contributed by atoms with Gasteiger partial charge in [-0.2, -0.15) is 0 Å². The number of likely N-dealkylation sites (tertiary alicyclic amines) is 1. The van der Waals surface area contributed by atoms with Gasteiger partial charge in [-0.15, -0.1) is 0 Å². The molecular formula is C26H31F2N3O4S. The van der Waals surface area contributed by atoms with Gasteiger partial charge in [0.2, 0.25) is 0 Å². The summed E-state index contributed by atoms with van der Waals surface area (Å²) in [5.41, 5.74) is 2.66. The molecule has 0 spiro atoms. The molecule has 2 aromatic carbocycles. The fourth-order valence-electron chi connectivity index (χ4n) is 4.94. The number of hydrogen-bond acceptors (Lipinski definition) is 6. The number of piperazine rings is 1. The minimum atomic E-state index is -3.74. The number of likely N-dealkylation sites (N-methyl/N-ethyl adjacent to an activating group) is 1. The minimum absolute atomic E-state index is 0.0208. The van der Waals surface area contributed by atoms with Gasteiger partial charge in [0, 0.05) is 51.6 Å². The fourth-order valence-corrected chi connectivity index (χ4v) is 6.14. The van der Waals surface area contributed by atoms with Crippen molar-refractivity contribution in [2.24, 2.45) is 0 Å². The van der Waals surface area contributed by atoms with Crippen LogP contribution in [0.5, 0.6) is 0 Å². The summed E-state index contributed by atoms with van der Waals surface area (Å²) in [7, 11) is -1.86. The second kappa shape index (κ2) is 10.7. The number of rotatable bonds is 6. The smallest absolute Gasteiger partial charge is 0.409 e. The van der Waals surface area contributed by atoms with Gasteiger partial charge in [0.1, 0.15) is 11.6 Å². The Morgan fingerprint density at radius 3 is 2.17 bits per heavy atom. The predicted molar refractivity (Wildman–Crippen MR) is 134 cm³/mol. The average molecular weight is 520 g/mol. The number of ether oxygens (including phenoxy) is 1. The SMILES string of the molecule is CCOC(=O)N1CCN(Cc2ccc(C3C(=C(c4cc(F)cc(F)c4)S(C)(=O)=O)CN3C)cc2)CC1. The molecule has 7 nitrogen and oxygen atoms in total. The zero-order valence-corrected chi connectivity index (χ0v) is 21.5. The van der Waals surface area contributed by atoms with Crippen LogP contribution in [-0.4, -0.2) is 81.8 Å². The fraction of sp³-hybridized carbons (Fsp3) is 0.423. The van der Waals surface area contributed by atoms with Gasteiger partial charge < -0.3 is 9.64 Å². The quantitative estimate of drug-likeness (QED) is 0.580. The van der Waals surface area contributed by atoms with Crippen molar-refractivity contribution in [3.63, 3.8) is 0 Å². The summed E-state index contributed by atoms with van der Waals surface area (Å²) < 4.78 is 58.2. The molecule has 0 aromatic heterocycles. The molecule has 2 aliphatic heterocycles. The highest BCUT2D eigenvalue weighted by Crippen LogP contribution is 2.43. The third kappa shape index (κ3) is 5.77.